The number of carbonyl (C=O) groups excluding carboxylic acids is 2. The molecular formula is C22H24FN3O2. The molecule has 3 aliphatic rings. The van der Waals surface area contributed by atoms with Gasteiger partial charge in [0, 0.05) is 36.7 Å². The van der Waals surface area contributed by atoms with Gasteiger partial charge in [-0.15, -0.1) is 0 Å². The van der Waals surface area contributed by atoms with Gasteiger partial charge in [-0.3, -0.25) is 9.59 Å². The van der Waals surface area contributed by atoms with Crippen molar-refractivity contribution >= 4 is 23.1 Å². The number of hydrogen-bond acceptors (Lipinski definition) is 3. The minimum Gasteiger partial charge on any atom is -0.366 e. The average Bonchev–Trinajstić information content (AvgIpc) is 3.29. The van der Waals surface area contributed by atoms with Crippen LogP contribution in [-0.4, -0.2) is 42.4 Å². The van der Waals surface area contributed by atoms with Crippen LogP contribution in [0.15, 0.2) is 11.6 Å². The fourth-order valence-corrected chi connectivity index (χ4v) is 4.98. The number of primary amides is 1. The lowest BCUT2D eigenvalue weighted by molar-refractivity contribution is -0.125. The molecule has 2 amide bonds. The van der Waals surface area contributed by atoms with E-state index >= 15 is 4.39 Å². The van der Waals surface area contributed by atoms with Crippen LogP contribution in [0.25, 0.3) is 5.57 Å². The average molecular weight is 381 g/mol. The zero-order valence-corrected chi connectivity index (χ0v) is 16.4. The van der Waals surface area contributed by atoms with E-state index in [2.05, 4.69) is 11.8 Å². The van der Waals surface area contributed by atoms with E-state index < -0.39 is 11.7 Å². The molecule has 28 heavy (non-hydrogen) atoms. The molecule has 0 aromatic heterocycles. The van der Waals surface area contributed by atoms with Crippen LogP contribution in [0.4, 0.5) is 10.1 Å². The molecule has 1 aromatic carbocycles. The number of likely N-dealkylation sites (tertiary alicyclic amines) is 1. The van der Waals surface area contributed by atoms with E-state index in [1.165, 1.54) is 6.07 Å². The normalized spacial score (nSPS) is 22.9. The van der Waals surface area contributed by atoms with Crippen LogP contribution >= 0.6 is 0 Å². The fourth-order valence-electron chi connectivity index (χ4n) is 4.98. The molecule has 2 aliphatic heterocycles. The number of amides is 2. The molecule has 0 bridgehead atoms. The molecule has 5 nitrogen and oxygen atoms in total. The number of nitrogens with zero attached hydrogens (tertiary/aromatic N) is 2. The number of nitrogens with two attached hydrogens (primary N) is 1. The molecule has 2 N–H and O–H groups in total. The van der Waals surface area contributed by atoms with Crippen molar-refractivity contribution in [2.45, 2.75) is 39.7 Å². The molecule has 0 spiro atoms. The lowest BCUT2D eigenvalue weighted by Gasteiger charge is -2.27. The summed E-state index contributed by atoms with van der Waals surface area (Å²) in [5, 5.41) is 0. The van der Waals surface area contributed by atoms with E-state index in [4.69, 9.17) is 5.73 Å². The second-order valence-corrected chi connectivity index (χ2v) is 7.95. The monoisotopic (exact) mass is 381 g/mol. The Morgan fingerprint density at radius 3 is 2.71 bits per heavy atom. The van der Waals surface area contributed by atoms with Crippen LogP contribution in [0.5, 0.6) is 0 Å². The largest absolute Gasteiger partial charge is 0.366 e. The highest BCUT2D eigenvalue weighted by Crippen LogP contribution is 2.45. The van der Waals surface area contributed by atoms with E-state index in [9.17, 15) is 9.59 Å². The molecule has 1 aromatic rings. The minimum absolute atomic E-state index is 0.0472. The fraction of sp³-hybridized carbons (Fsp3) is 0.455. The van der Waals surface area contributed by atoms with Gasteiger partial charge in [-0.25, -0.2) is 4.39 Å². The zero-order chi connectivity index (χ0) is 20.2. The summed E-state index contributed by atoms with van der Waals surface area (Å²) in [6, 6.07) is 1.33. The first kappa shape index (κ1) is 18.5. The van der Waals surface area contributed by atoms with Gasteiger partial charge in [0.1, 0.15) is 5.82 Å². The van der Waals surface area contributed by atoms with Crippen LogP contribution in [0.3, 0.4) is 0 Å². The van der Waals surface area contributed by atoms with E-state index in [0.717, 1.165) is 28.7 Å². The lowest BCUT2D eigenvalue weighted by atomic mass is 9.96. The Morgan fingerprint density at radius 2 is 2.04 bits per heavy atom. The van der Waals surface area contributed by atoms with E-state index in [-0.39, 0.29) is 17.5 Å². The van der Waals surface area contributed by atoms with Crippen LogP contribution in [-0.2, 0) is 11.2 Å². The van der Waals surface area contributed by atoms with Crippen LogP contribution in [0, 0.1) is 23.6 Å². The van der Waals surface area contributed by atoms with Crippen LogP contribution in [0.2, 0.25) is 0 Å². The van der Waals surface area contributed by atoms with Gasteiger partial charge >= 0.3 is 0 Å². The number of carbonyl (C=O) groups is 2. The number of fused-ring (bicyclic) bond motifs is 2. The topological polar surface area (TPSA) is 66.6 Å². The molecule has 6 heteroatoms. The number of halogens is 1. The van der Waals surface area contributed by atoms with Crippen molar-refractivity contribution in [1.82, 2.24) is 4.90 Å². The van der Waals surface area contributed by atoms with Crippen molar-refractivity contribution in [1.29, 1.82) is 0 Å². The first-order valence-electron chi connectivity index (χ1n) is 9.63. The predicted molar refractivity (Wildman–Crippen MR) is 106 cm³/mol. The Hall–Kier alpha value is -2.81. The zero-order valence-electron chi connectivity index (χ0n) is 16.4. The van der Waals surface area contributed by atoms with Crippen LogP contribution in [0.1, 0.15) is 48.7 Å². The highest BCUT2D eigenvalue weighted by Gasteiger charge is 2.44. The summed E-state index contributed by atoms with van der Waals surface area (Å²) in [5.41, 5.74) is 10.1. The first-order valence-corrected chi connectivity index (χ1v) is 9.63. The van der Waals surface area contributed by atoms with Crippen LogP contribution < -0.4 is 10.6 Å². The van der Waals surface area contributed by atoms with Gasteiger partial charge in [0.15, 0.2) is 0 Å². The summed E-state index contributed by atoms with van der Waals surface area (Å²) in [5.74, 6) is 4.43. The highest BCUT2D eigenvalue weighted by molar-refractivity contribution is 5.99. The lowest BCUT2D eigenvalue weighted by Crippen LogP contribution is -2.39. The summed E-state index contributed by atoms with van der Waals surface area (Å²) in [7, 11) is 0. The molecule has 0 radical (unpaired) electrons. The maximum absolute atomic E-state index is 15.2. The highest BCUT2D eigenvalue weighted by atomic mass is 19.1. The summed E-state index contributed by atoms with van der Waals surface area (Å²) < 4.78 is 15.2. The van der Waals surface area contributed by atoms with E-state index in [1.54, 1.807) is 6.92 Å². The van der Waals surface area contributed by atoms with Gasteiger partial charge in [-0.05, 0) is 56.7 Å². The summed E-state index contributed by atoms with van der Waals surface area (Å²) in [4.78, 5) is 28.0. The molecule has 2 saturated heterocycles. The Balaban J connectivity index is 1.74. The first-order chi connectivity index (χ1) is 13.3. The van der Waals surface area contributed by atoms with E-state index in [0.29, 0.717) is 37.7 Å². The maximum atomic E-state index is 15.2. The number of anilines is 1. The number of rotatable bonds is 2. The number of benzene rings is 1. The number of allylic oxidation sites excluding steroid dienone is 2. The molecule has 2 fully saturated rings. The SMILES string of the molecule is CC#CC(=O)N1CCC2CN(c3c(F)cc(C(N)=O)c4c3C(C)=C(C)C4)CC21. The van der Waals surface area contributed by atoms with Gasteiger partial charge in [0.2, 0.25) is 5.91 Å². The standard InChI is InChI=1S/C22H24FN3O2/c1-4-5-19(27)26-7-6-14-10-25(11-18(14)26)21-17(23)9-16(22(24)28)15-8-12(2)13(3)20(15)21/h9,14,18H,6-8,10-11H2,1-3H3,(H2,24,28). The molecular weight excluding hydrogens is 357 g/mol. The maximum Gasteiger partial charge on any atom is 0.298 e. The van der Waals surface area contributed by atoms with Crippen molar-refractivity contribution < 1.29 is 14.0 Å². The third-order valence-electron chi connectivity index (χ3n) is 6.44. The molecule has 0 saturated carbocycles. The molecule has 2 atom stereocenters. The third-order valence-corrected chi connectivity index (χ3v) is 6.44. The Bertz CT molecular complexity index is 986. The summed E-state index contributed by atoms with van der Waals surface area (Å²) in [6.45, 7) is 7.61. The van der Waals surface area contributed by atoms with Gasteiger partial charge < -0.3 is 15.5 Å². The van der Waals surface area contributed by atoms with Gasteiger partial charge in [0.25, 0.3) is 5.91 Å². The second-order valence-electron chi connectivity index (χ2n) is 7.95. The predicted octanol–water partition coefficient (Wildman–Crippen LogP) is 2.33. The smallest absolute Gasteiger partial charge is 0.298 e. The summed E-state index contributed by atoms with van der Waals surface area (Å²) >= 11 is 0. The van der Waals surface area contributed by atoms with E-state index in [1.807, 2.05) is 23.6 Å². The number of hydrogen-bond donors (Lipinski definition) is 1. The summed E-state index contributed by atoms with van der Waals surface area (Å²) in [6.07, 6.45) is 1.51. The Morgan fingerprint density at radius 1 is 1.29 bits per heavy atom. The Kier molecular flexibility index (Phi) is 4.41. The van der Waals surface area contributed by atoms with Crippen molar-refractivity contribution in [2.75, 3.05) is 24.5 Å². The van der Waals surface area contributed by atoms with Crippen molar-refractivity contribution in [3.05, 3.63) is 34.1 Å². The van der Waals surface area contributed by atoms with Crippen molar-refractivity contribution in [2.24, 2.45) is 11.7 Å². The van der Waals surface area contributed by atoms with Crippen molar-refractivity contribution in [3.63, 3.8) is 0 Å². The molecule has 2 unspecified atom stereocenters. The Labute approximate surface area is 164 Å². The molecule has 4 rings (SSSR count). The molecule has 1 aliphatic carbocycles. The van der Waals surface area contributed by atoms with Gasteiger partial charge in [0.05, 0.1) is 11.7 Å². The molecule has 2 heterocycles. The molecule has 146 valence electrons. The van der Waals surface area contributed by atoms with Gasteiger partial charge in [-0.1, -0.05) is 11.5 Å². The minimum atomic E-state index is -0.600. The van der Waals surface area contributed by atoms with Gasteiger partial charge in [-0.2, -0.15) is 0 Å². The second kappa shape index (κ2) is 6.66. The van der Waals surface area contributed by atoms with Crippen molar-refractivity contribution in [3.8, 4) is 11.8 Å². The third kappa shape index (κ3) is 2.69. The quantitative estimate of drug-likeness (QED) is 0.800.